The molecule has 0 fully saturated rings. The molecule has 1 atom stereocenters. The summed E-state index contributed by atoms with van der Waals surface area (Å²) in [7, 11) is 0.0479. The Balaban J connectivity index is 2.25. The highest BCUT2D eigenvalue weighted by Gasteiger charge is 2.13. The van der Waals surface area contributed by atoms with Crippen LogP contribution in [0.15, 0.2) is 30.3 Å². The van der Waals surface area contributed by atoms with Gasteiger partial charge in [0.15, 0.2) is 13.5 Å². The second-order valence-electron chi connectivity index (χ2n) is 7.18. The van der Waals surface area contributed by atoms with Crippen molar-refractivity contribution in [3.8, 4) is 5.75 Å². The number of aryl methyl sites for hydroxylation is 2. The van der Waals surface area contributed by atoms with Crippen LogP contribution in [0, 0.1) is 13.8 Å². The Bertz CT molecular complexity index is 776. The fraction of sp³-hybridized carbons (Fsp3) is 0.455. The zero-order valence-electron chi connectivity index (χ0n) is 17.2. The van der Waals surface area contributed by atoms with Crippen molar-refractivity contribution >= 4 is 8.03 Å². The van der Waals surface area contributed by atoms with Gasteiger partial charge in [-0.05, 0) is 70.2 Å². The SMILES string of the molecule is COCOc1ccc(Cc2c(C)cc(CO[P+](C)=O)cc2C)cc1C(C)C. The summed E-state index contributed by atoms with van der Waals surface area (Å²) in [6.45, 7) is 10.8. The van der Waals surface area contributed by atoms with Gasteiger partial charge < -0.3 is 9.47 Å². The summed E-state index contributed by atoms with van der Waals surface area (Å²) in [6, 6.07) is 10.6. The molecule has 0 N–H and O–H groups in total. The second-order valence-corrected chi connectivity index (χ2v) is 8.31. The summed E-state index contributed by atoms with van der Waals surface area (Å²) in [5.74, 6) is 1.25. The average molecular weight is 389 g/mol. The predicted molar refractivity (Wildman–Crippen MR) is 110 cm³/mol. The fourth-order valence-electron chi connectivity index (χ4n) is 3.23. The molecule has 0 spiro atoms. The van der Waals surface area contributed by atoms with Gasteiger partial charge in [0.25, 0.3) is 0 Å². The van der Waals surface area contributed by atoms with Crippen LogP contribution in [0.5, 0.6) is 5.75 Å². The monoisotopic (exact) mass is 389 g/mol. The number of ether oxygens (including phenoxy) is 2. The second kappa shape index (κ2) is 9.98. The molecule has 4 nitrogen and oxygen atoms in total. The van der Waals surface area contributed by atoms with E-state index in [9.17, 15) is 4.57 Å². The lowest BCUT2D eigenvalue weighted by Gasteiger charge is -2.17. The summed E-state index contributed by atoms with van der Waals surface area (Å²) in [6.07, 6.45) is 0.866. The molecule has 2 aromatic carbocycles. The Morgan fingerprint density at radius 1 is 1.04 bits per heavy atom. The number of hydrogen-bond acceptors (Lipinski definition) is 4. The van der Waals surface area contributed by atoms with Crippen molar-refractivity contribution in [2.75, 3.05) is 20.6 Å². The Hall–Kier alpha value is -1.74. The summed E-state index contributed by atoms with van der Waals surface area (Å²) in [5.41, 5.74) is 7.29. The van der Waals surface area contributed by atoms with Crippen LogP contribution in [0.3, 0.4) is 0 Å². The van der Waals surface area contributed by atoms with Crippen LogP contribution in [-0.4, -0.2) is 20.6 Å². The van der Waals surface area contributed by atoms with Gasteiger partial charge in [0, 0.05) is 7.11 Å². The predicted octanol–water partition coefficient (Wildman–Crippen LogP) is 5.89. The minimum atomic E-state index is -1.58. The molecular formula is C22H30O4P+. The first-order valence-corrected chi connectivity index (χ1v) is 10.8. The van der Waals surface area contributed by atoms with Gasteiger partial charge in [0.1, 0.15) is 12.4 Å². The van der Waals surface area contributed by atoms with E-state index < -0.39 is 8.03 Å². The van der Waals surface area contributed by atoms with E-state index in [4.69, 9.17) is 14.0 Å². The molecule has 27 heavy (non-hydrogen) atoms. The van der Waals surface area contributed by atoms with Crippen LogP contribution in [0.25, 0.3) is 0 Å². The Morgan fingerprint density at radius 3 is 2.26 bits per heavy atom. The smallest absolute Gasteiger partial charge is 0.467 e. The molecule has 5 heteroatoms. The van der Waals surface area contributed by atoms with Crippen molar-refractivity contribution in [2.45, 2.75) is 46.6 Å². The summed E-state index contributed by atoms with van der Waals surface area (Å²) in [4.78, 5) is 0. The molecule has 0 aromatic heterocycles. The van der Waals surface area contributed by atoms with E-state index in [1.165, 1.54) is 27.8 Å². The number of benzene rings is 2. The van der Waals surface area contributed by atoms with Gasteiger partial charge in [0.2, 0.25) is 0 Å². The first kappa shape index (κ1) is 21.6. The van der Waals surface area contributed by atoms with Gasteiger partial charge in [-0.2, -0.15) is 0 Å². The highest BCUT2D eigenvalue weighted by Crippen LogP contribution is 2.30. The van der Waals surface area contributed by atoms with Crippen molar-refractivity contribution in [3.63, 3.8) is 0 Å². The normalized spacial score (nSPS) is 11.7. The van der Waals surface area contributed by atoms with E-state index in [-0.39, 0.29) is 6.79 Å². The molecule has 0 aliphatic carbocycles. The molecule has 0 amide bonds. The van der Waals surface area contributed by atoms with E-state index in [0.29, 0.717) is 12.5 Å². The van der Waals surface area contributed by atoms with Crippen LogP contribution in [0.2, 0.25) is 0 Å². The van der Waals surface area contributed by atoms with Crippen LogP contribution < -0.4 is 4.74 Å². The van der Waals surface area contributed by atoms with Crippen LogP contribution in [0.4, 0.5) is 0 Å². The minimum Gasteiger partial charge on any atom is -0.467 e. The van der Waals surface area contributed by atoms with E-state index in [1.54, 1.807) is 13.8 Å². The quantitative estimate of drug-likeness (QED) is 0.396. The fourth-order valence-corrected chi connectivity index (χ4v) is 3.56. The summed E-state index contributed by atoms with van der Waals surface area (Å²) in [5, 5.41) is 0. The molecule has 0 aliphatic rings. The van der Waals surface area contributed by atoms with Gasteiger partial charge in [-0.3, -0.25) is 0 Å². The highest BCUT2D eigenvalue weighted by molar-refractivity contribution is 7.38. The maximum atomic E-state index is 11.2. The van der Waals surface area contributed by atoms with Crippen LogP contribution in [0.1, 0.15) is 53.1 Å². The average Bonchev–Trinajstić information content (AvgIpc) is 2.61. The minimum absolute atomic E-state index is 0.254. The van der Waals surface area contributed by atoms with Crippen molar-refractivity contribution in [1.82, 2.24) is 0 Å². The Kier molecular flexibility index (Phi) is 7.97. The maximum Gasteiger partial charge on any atom is 0.505 e. The third kappa shape index (κ3) is 6.14. The van der Waals surface area contributed by atoms with E-state index in [2.05, 4.69) is 52.0 Å². The summed E-state index contributed by atoms with van der Waals surface area (Å²) < 4.78 is 27.2. The first-order chi connectivity index (χ1) is 12.8. The molecule has 1 unspecified atom stereocenters. The molecule has 0 radical (unpaired) electrons. The molecule has 0 aliphatic heterocycles. The van der Waals surface area contributed by atoms with Crippen molar-refractivity contribution in [3.05, 3.63) is 63.7 Å². The third-order valence-electron chi connectivity index (χ3n) is 4.58. The van der Waals surface area contributed by atoms with Gasteiger partial charge in [-0.15, -0.1) is 4.52 Å². The number of methoxy groups -OCH3 is 1. The van der Waals surface area contributed by atoms with Crippen molar-refractivity contribution < 1.29 is 18.6 Å². The molecule has 2 aromatic rings. The van der Waals surface area contributed by atoms with E-state index in [1.807, 2.05) is 6.07 Å². The zero-order chi connectivity index (χ0) is 20.0. The number of rotatable bonds is 9. The van der Waals surface area contributed by atoms with Gasteiger partial charge >= 0.3 is 8.03 Å². The molecule has 0 bridgehead atoms. The lowest BCUT2D eigenvalue weighted by atomic mass is 9.92. The maximum absolute atomic E-state index is 11.2. The Morgan fingerprint density at radius 2 is 1.70 bits per heavy atom. The van der Waals surface area contributed by atoms with Gasteiger partial charge in [-0.1, -0.05) is 38.1 Å². The van der Waals surface area contributed by atoms with Gasteiger partial charge in [-0.25, -0.2) is 0 Å². The van der Waals surface area contributed by atoms with Crippen LogP contribution >= 0.6 is 8.03 Å². The van der Waals surface area contributed by atoms with Crippen LogP contribution in [-0.2, 0) is 26.9 Å². The largest absolute Gasteiger partial charge is 0.505 e. The molecule has 0 heterocycles. The third-order valence-corrected chi connectivity index (χ3v) is 5.07. The standard InChI is InChI=1S/C22H30O4P/c1-15(2)20-11-18(7-8-22(20)25-14-24-5)12-21-16(3)9-19(10-17(21)4)13-26-27(6)23/h7-11,15H,12-14H2,1-6H3/q+1. The number of hydrogen-bond donors (Lipinski definition) is 0. The zero-order valence-corrected chi connectivity index (χ0v) is 18.1. The lowest BCUT2D eigenvalue weighted by Crippen LogP contribution is -2.04. The lowest BCUT2D eigenvalue weighted by molar-refractivity contribution is 0.0502. The molecule has 0 saturated heterocycles. The van der Waals surface area contributed by atoms with E-state index in [0.717, 1.165) is 17.7 Å². The molecule has 146 valence electrons. The molecule has 2 rings (SSSR count). The van der Waals surface area contributed by atoms with Gasteiger partial charge in [0.05, 0.1) is 0 Å². The Labute approximate surface area is 163 Å². The molecular weight excluding hydrogens is 359 g/mol. The highest BCUT2D eigenvalue weighted by atomic mass is 31.1. The topological polar surface area (TPSA) is 44.8 Å². The summed E-state index contributed by atoms with van der Waals surface area (Å²) >= 11 is 0. The first-order valence-electron chi connectivity index (χ1n) is 9.19. The van der Waals surface area contributed by atoms with E-state index >= 15 is 0 Å². The van der Waals surface area contributed by atoms with Crippen molar-refractivity contribution in [1.29, 1.82) is 0 Å². The van der Waals surface area contributed by atoms with Crippen molar-refractivity contribution in [2.24, 2.45) is 0 Å². The molecule has 0 saturated carbocycles.